The van der Waals surface area contributed by atoms with Crippen molar-refractivity contribution in [2.24, 2.45) is 17.8 Å². The molecular weight excluding hydrogens is 482 g/mol. The topological polar surface area (TPSA) is 118 Å². The molecule has 1 aromatic carbocycles. The molecule has 1 saturated carbocycles. The van der Waals surface area contributed by atoms with Gasteiger partial charge in [-0.3, -0.25) is 4.79 Å². The van der Waals surface area contributed by atoms with Gasteiger partial charge in [-0.1, -0.05) is 18.2 Å². The largest absolute Gasteiger partial charge is 0.465 e. The summed E-state index contributed by atoms with van der Waals surface area (Å²) in [7, 11) is 2.06. The molecular formula is C29H43N5O4. The number of aromatic nitrogens is 1. The van der Waals surface area contributed by atoms with E-state index >= 15 is 0 Å². The van der Waals surface area contributed by atoms with Gasteiger partial charge < -0.3 is 30.6 Å². The number of fused-ring (bicyclic) bond motifs is 1. The summed E-state index contributed by atoms with van der Waals surface area (Å²) in [5.74, 6) is 2.29. The maximum Gasteiger partial charge on any atom is 0.404 e. The molecule has 2 aliphatic rings. The number of para-hydroxylation sites is 1. The number of carbonyl (C=O) groups is 2. The van der Waals surface area contributed by atoms with E-state index in [1.165, 1.54) is 0 Å². The lowest BCUT2D eigenvalue weighted by molar-refractivity contribution is 0.0942. The van der Waals surface area contributed by atoms with Gasteiger partial charge in [0.2, 0.25) is 0 Å². The normalized spacial score (nSPS) is 20.6. The minimum atomic E-state index is -0.963. The Labute approximate surface area is 225 Å². The quantitative estimate of drug-likeness (QED) is 0.354. The Morgan fingerprint density at radius 2 is 1.63 bits per heavy atom. The molecule has 0 radical (unpaired) electrons. The molecule has 2 aromatic rings. The summed E-state index contributed by atoms with van der Waals surface area (Å²) in [6.45, 7) is 4.94. The van der Waals surface area contributed by atoms with Gasteiger partial charge in [-0.15, -0.1) is 0 Å². The van der Waals surface area contributed by atoms with Crippen LogP contribution in [0.2, 0.25) is 0 Å². The molecule has 0 spiro atoms. The van der Waals surface area contributed by atoms with Gasteiger partial charge in [0, 0.05) is 38.1 Å². The fourth-order valence-corrected chi connectivity index (χ4v) is 5.85. The molecule has 2 amide bonds. The van der Waals surface area contributed by atoms with Crippen LogP contribution in [0.25, 0.3) is 10.9 Å². The molecule has 38 heavy (non-hydrogen) atoms. The van der Waals surface area contributed by atoms with Crippen LogP contribution in [0.15, 0.2) is 30.3 Å². The lowest BCUT2D eigenvalue weighted by Crippen LogP contribution is -2.36. The third-order valence-electron chi connectivity index (χ3n) is 8.35. The number of hydrogen-bond acceptors (Lipinski definition) is 6. The van der Waals surface area contributed by atoms with Crippen LogP contribution < -0.4 is 15.5 Å². The van der Waals surface area contributed by atoms with Crippen LogP contribution in [0.1, 0.15) is 55.3 Å². The fourth-order valence-electron chi connectivity index (χ4n) is 5.85. The number of amides is 2. The average Bonchev–Trinajstić information content (AvgIpc) is 2.94. The molecule has 1 aromatic heterocycles. The summed E-state index contributed by atoms with van der Waals surface area (Å²) in [6, 6.07) is 9.82. The van der Waals surface area contributed by atoms with Crippen LogP contribution in [-0.4, -0.2) is 85.0 Å². The van der Waals surface area contributed by atoms with Gasteiger partial charge in [-0.2, -0.15) is 0 Å². The van der Waals surface area contributed by atoms with Crippen LogP contribution >= 0.6 is 0 Å². The van der Waals surface area contributed by atoms with Gasteiger partial charge in [0.05, 0.1) is 17.7 Å². The summed E-state index contributed by atoms with van der Waals surface area (Å²) in [4.78, 5) is 33.5. The Balaban J connectivity index is 1.34. The summed E-state index contributed by atoms with van der Waals surface area (Å²) in [5, 5.41) is 24.5. The van der Waals surface area contributed by atoms with Crippen molar-refractivity contribution in [3.05, 3.63) is 35.9 Å². The number of piperidine rings is 1. The number of pyridine rings is 1. The van der Waals surface area contributed by atoms with Crippen molar-refractivity contribution in [2.75, 3.05) is 57.8 Å². The number of carbonyl (C=O) groups excluding carboxylic acids is 1. The predicted octanol–water partition coefficient (Wildman–Crippen LogP) is 3.57. The van der Waals surface area contributed by atoms with E-state index in [1.54, 1.807) is 0 Å². The Bertz CT molecular complexity index is 1060. The molecule has 0 unspecified atom stereocenters. The third kappa shape index (κ3) is 7.80. The lowest BCUT2D eigenvalue weighted by atomic mass is 9.82. The number of benzene rings is 1. The van der Waals surface area contributed by atoms with Crippen LogP contribution in [0.3, 0.4) is 0 Å². The number of nitrogens with zero attached hydrogens (tertiary/aromatic N) is 3. The fraction of sp³-hybridized carbons (Fsp3) is 0.621. The first kappa shape index (κ1) is 28.1. The van der Waals surface area contributed by atoms with Gasteiger partial charge in [0.25, 0.3) is 5.91 Å². The molecule has 0 atom stereocenters. The molecule has 1 aliphatic carbocycles. The summed E-state index contributed by atoms with van der Waals surface area (Å²) >= 11 is 0. The van der Waals surface area contributed by atoms with Crippen LogP contribution in [0, 0.1) is 17.8 Å². The SMILES string of the molecule is CN(CCO)CCC1CCN(c2cc(C(=O)NC[C@H]3CC[C@H](CNC(=O)O)CC3)c3ccccc3n2)CC1. The van der Waals surface area contributed by atoms with Crippen molar-refractivity contribution < 1.29 is 19.8 Å². The molecule has 4 N–H and O–H groups in total. The highest BCUT2D eigenvalue weighted by atomic mass is 16.4. The maximum absolute atomic E-state index is 13.4. The summed E-state index contributed by atoms with van der Waals surface area (Å²) < 4.78 is 0. The lowest BCUT2D eigenvalue weighted by Gasteiger charge is -2.34. The number of aliphatic hydroxyl groups is 1. The second-order valence-corrected chi connectivity index (χ2v) is 11.1. The molecule has 4 rings (SSSR count). The van der Waals surface area contributed by atoms with Crippen molar-refractivity contribution in [3.63, 3.8) is 0 Å². The van der Waals surface area contributed by atoms with Gasteiger partial charge >= 0.3 is 6.09 Å². The van der Waals surface area contributed by atoms with Gasteiger partial charge in [-0.25, -0.2) is 9.78 Å². The minimum absolute atomic E-state index is 0.0543. The van der Waals surface area contributed by atoms with Crippen molar-refractivity contribution in [1.82, 2.24) is 20.5 Å². The van der Waals surface area contributed by atoms with Crippen molar-refractivity contribution >= 4 is 28.7 Å². The molecule has 1 saturated heterocycles. The van der Waals surface area contributed by atoms with E-state index in [0.29, 0.717) is 36.4 Å². The number of carboxylic acid groups (broad SMARTS) is 1. The van der Waals surface area contributed by atoms with Gasteiger partial charge in [0.1, 0.15) is 5.82 Å². The van der Waals surface area contributed by atoms with Crippen molar-refractivity contribution in [3.8, 4) is 0 Å². The molecule has 1 aliphatic heterocycles. The number of likely N-dealkylation sites (N-methyl/N-ethyl adjacent to an activating group) is 1. The van der Waals surface area contributed by atoms with Crippen LogP contribution in [0.4, 0.5) is 10.6 Å². The van der Waals surface area contributed by atoms with Crippen LogP contribution in [0.5, 0.6) is 0 Å². The number of nitrogens with one attached hydrogen (secondary N) is 2. The monoisotopic (exact) mass is 525 g/mol. The molecule has 2 fully saturated rings. The first-order valence-electron chi connectivity index (χ1n) is 14.1. The Kier molecular flexibility index (Phi) is 10.2. The predicted molar refractivity (Wildman–Crippen MR) is 150 cm³/mol. The molecule has 9 heteroatoms. The highest BCUT2D eigenvalue weighted by molar-refractivity contribution is 6.07. The molecule has 2 heterocycles. The smallest absolute Gasteiger partial charge is 0.404 e. The number of anilines is 1. The van der Waals surface area contributed by atoms with E-state index in [0.717, 1.165) is 87.8 Å². The first-order chi connectivity index (χ1) is 18.4. The van der Waals surface area contributed by atoms with E-state index in [9.17, 15) is 9.59 Å². The Hall–Kier alpha value is -2.91. The zero-order valence-electron chi connectivity index (χ0n) is 22.6. The molecule has 9 nitrogen and oxygen atoms in total. The van der Waals surface area contributed by atoms with E-state index in [1.807, 2.05) is 30.3 Å². The number of hydrogen-bond donors (Lipinski definition) is 4. The van der Waals surface area contributed by atoms with Crippen molar-refractivity contribution in [1.29, 1.82) is 0 Å². The Morgan fingerprint density at radius 3 is 2.29 bits per heavy atom. The first-order valence-corrected chi connectivity index (χ1v) is 14.1. The summed E-state index contributed by atoms with van der Waals surface area (Å²) in [6.07, 6.45) is 6.35. The molecule has 208 valence electrons. The van der Waals surface area contributed by atoms with E-state index in [-0.39, 0.29) is 12.5 Å². The minimum Gasteiger partial charge on any atom is -0.465 e. The molecule has 0 bridgehead atoms. The zero-order valence-corrected chi connectivity index (χ0v) is 22.6. The van der Waals surface area contributed by atoms with Gasteiger partial charge in [-0.05, 0) is 88.4 Å². The highest BCUT2D eigenvalue weighted by Crippen LogP contribution is 2.30. The van der Waals surface area contributed by atoms with E-state index < -0.39 is 6.09 Å². The second-order valence-electron chi connectivity index (χ2n) is 11.1. The van der Waals surface area contributed by atoms with E-state index in [2.05, 4.69) is 27.5 Å². The Morgan fingerprint density at radius 1 is 0.974 bits per heavy atom. The highest BCUT2D eigenvalue weighted by Gasteiger charge is 2.24. The zero-order chi connectivity index (χ0) is 26.9. The maximum atomic E-state index is 13.4. The second kappa shape index (κ2) is 13.8. The summed E-state index contributed by atoms with van der Waals surface area (Å²) in [5.41, 5.74) is 1.52. The third-order valence-corrected chi connectivity index (χ3v) is 8.35. The number of rotatable bonds is 11. The van der Waals surface area contributed by atoms with Crippen LogP contribution in [-0.2, 0) is 0 Å². The average molecular weight is 526 g/mol. The van der Waals surface area contributed by atoms with Gasteiger partial charge in [0.15, 0.2) is 0 Å². The van der Waals surface area contributed by atoms with E-state index in [4.69, 9.17) is 15.2 Å². The van der Waals surface area contributed by atoms with Crippen molar-refractivity contribution in [2.45, 2.75) is 44.9 Å². The standard InChI is InChI=1S/C29H43N5O4/c1-33(16-17-35)13-10-21-11-14-34(15-12-21)27-18-25(24-4-2-3-5-26(24)32-27)28(36)30-19-22-6-8-23(9-7-22)20-31-29(37)38/h2-5,18,21-23,31,35H,6-17,19-20H2,1H3,(H,30,36)(H,37,38)/t22-,23-. The number of aliphatic hydroxyl groups excluding tert-OH is 1.